The van der Waals surface area contributed by atoms with Gasteiger partial charge in [-0.25, -0.2) is 4.39 Å². The topological polar surface area (TPSA) is 38.0 Å². The SMILES string of the molecule is Cc1ccc(Cl)c([C@H](C)NN)c1F. The lowest BCUT2D eigenvalue weighted by molar-refractivity contribution is 0.537. The van der Waals surface area contributed by atoms with Crippen LogP contribution in [-0.4, -0.2) is 0 Å². The number of hydrogen-bond donors (Lipinski definition) is 2. The quantitative estimate of drug-likeness (QED) is 0.571. The van der Waals surface area contributed by atoms with Crippen molar-refractivity contribution < 1.29 is 4.39 Å². The van der Waals surface area contributed by atoms with Crippen LogP contribution in [0.15, 0.2) is 12.1 Å². The van der Waals surface area contributed by atoms with E-state index in [1.807, 2.05) is 0 Å². The number of benzene rings is 1. The molecule has 4 heteroatoms. The van der Waals surface area contributed by atoms with Gasteiger partial charge in [0, 0.05) is 16.6 Å². The van der Waals surface area contributed by atoms with Crippen molar-refractivity contribution in [1.82, 2.24) is 5.43 Å². The monoisotopic (exact) mass is 202 g/mol. The summed E-state index contributed by atoms with van der Waals surface area (Å²) in [6.07, 6.45) is 0. The van der Waals surface area contributed by atoms with Gasteiger partial charge in [-0.3, -0.25) is 11.3 Å². The average Bonchev–Trinajstić information content (AvgIpc) is 2.12. The van der Waals surface area contributed by atoms with Gasteiger partial charge in [-0.2, -0.15) is 0 Å². The summed E-state index contributed by atoms with van der Waals surface area (Å²) in [5, 5.41) is 0.397. The van der Waals surface area contributed by atoms with Crippen molar-refractivity contribution in [3.05, 3.63) is 34.1 Å². The minimum atomic E-state index is -0.294. The van der Waals surface area contributed by atoms with Crippen molar-refractivity contribution in [1.29, 1.82) is 0 Å². The fourth-order valence-corrected chi connectivity index (χ4v) is 1.47. The van der Waals surface area contributed by atoms with Crippen molar-refractivity contribution in [2.45, 2.75) is 19.9 Å². The number of nitrogens with two attached hydrogens (primary N) is 1. The molecule has 72 valence electrons. The minimum Gasteiger partial charge on any atom is -0.271 e. The second-order valence-electron chi connectivity index (χ2n) is 2.98. The van der Waals surface area contributed by atoms with E-state index in [2.05, 4.69) is 5.43 Å². The van der Waals surface area contributed by atoms with E-state index in [0.717, 1.165) is 0 Å². The van der Waals surface area contributed by atoms with Gasteiger partial charge in [-0.15, -0.1) is 0 Å². The first-order valence-corrected chi connectivity index (χ1v) is 4.36. The molecule has 0 aliphatic heterocycles. The molecular weight excluding hydrogens is 191 g/mol. The Labute approximate surface area is 81.9 Å². The highest BCUT2D eigenvalue weighted by Crippen LogP contribution is 2.27. The third-order valence-corrected chi connectivity index (χ3v) is 2.33. The molecule has 0 saturated carbocycles. The molecule has 0 spiro atoms. The van der Waals surface area contributed by atoms with Crippen LogP contribution in [0.2, 0.25) is 5.02 Å². The van der Waals surface area contributed by atoms with Crippen LogP contribution >= 0.6 is 11.6 Å². The van der Waals surface area contributed by atoms with Gasteiger partial charge in [0.1, 0.15) is 5.82 Å². The predicted octanol–water partition coefficient (Wildman–Crippen LogP) is 2.31. The molecule has 1 aromatic carbocycles. The van der Waals surface area contributed by atoms with Gasteiger partial charge in [-0.1, -0.05) is 17.7 Å². The van der Waals surface area contributed by atoms with Gasteiger partial charge in [0.25, 0.3) is 0 Å². The lowest BCUT2D eigenvalue weighted by Crippen LogP contribution is -2.26. The highest BCUT2D eigenvalue weighted by atomic mass is 35.5. The highest BCUT2D eigenvalue weighted by Gasteiger charge is 2.15. The standard InChI is InChI=1S/C9H12ClFN2/c1-5-3-4-7(10)8(9(5)11)6(2)13-12/h3-4,6,13H,12H2,1-2H3/t6-/m0/s1. The van der Waals surface area contributed by atoms with E-state index in [0.29, 0.717) is 16.1 Å². The van der Waals surface area contributed by atoms with Crippen LogP contribution in [0.1, 0.15) is 24.1 Å². The molecule has 0 bridgehead atoms. The molecule has 0 fully saturated rings. The summed E-state index contributed by atoms with van der Waals surface area (Å²) < 4.78 is 13.5. The number of halogens is 2. The third kappa shape index (κ3) is 1.99. The van der Waals surface area contributed by atoms with Crippen molar-refractivity contribution in [3.63, 3.8) is 0 Å². The van der Waals surface area contributed by atoms with Crippen molar-refractivity contribution >= 4 is 11.6 Å². The molecule has 0 heterocycles. The fraction of sp³-hybridized carbons (Fsp3) is 0.333. The van der Waals surface area contributed by atoms with Crippen molar-refractivity contribution in [3.8, 4) is 0 Å². The van der Waals surface area contributed by atoms with Crippen molar-refractivity contribution in [2.75, 3.05) is 0 Å². The number of aryl methyl sites for hydroxylation is 1. The Hall–Kier alpha value is -0.640. The lowest BCUT2D eigenvalue weighted by atomic mass is 10.1. The summed E-state index contributed by atoms with van der Waals surface area (Å²) in [6.45, 7) is 3.45. The number of hydrogen-bond acceptors (Lipinski definition) is 2. The second-order valence-corrected chi connectivity index (χ2v) is 3.39. The van der Waals surface area contributed by atoms with E-state index < -0.39 is 0 Å². The zero-order chi connectivity index (χ0) is 10.0. The molecule has 13 heavy (non-hydrogen) atoms. The molecule has 3 N–H and O–H groups in total. The molecule has 0 aliphatic rings. The number of nitrogens with one attached hydrogen (secondary N) is 1. The van der Waals surface area contributed by atoms with Crippen molar-refractivity contribution in [2.24, 2.45) is 5.84 Å². The van der Waals surface area contributed by atoms with Crippen LogP contribution in [0.5, 0.6) is 0 Å². The van der Waals surface area contributed by atoms with Gasteiger partial charge in [0.05, 0.1) is 0 Å². The van der Waals surface area contributed by atoms with Gasteiger partial charge < -0.3 is 0 Å². The van der Waals surface area contributed by atoms with E-state index in [9.17, 15) is 4.39 Å². The smallest absolute Gasteiger partial charge is 0.132 e. The average molecular weight is 203 g/mol. The van der Waals surface area contributed by atoms with Crippen LogP contribution in [0, 0.1) is 12.7 Å². The molecular formula is C9H12ClFN2. The summed E-state index contributed by atoms with van der Waals surface area (Å²) in [4.78, 5) is 0. The first-order chi connectivity index (χ1) is 6.07. The Morgan fingerprint density at radius 2 is 2.15 bits per heavy atom. The zero-order valence-electron chi connectivity index (χ0n) is 7.57. The summed E-state index contributed by atoms with van der Waals surface area (Å²) in [5.74, 6) is 4.92. The molecule has 0 amide bonds. The number of hydrazine groups is 1. The Bertz CT molecular complexity index is 315. The van der Waals surface area contributed by atoms with E-state index in [-0.39, 0.29) is 11.9 Å². The maximum atomic E-state index is 13.5. The summed E-state index contributed by atoms with van der Waals surface area (Å²) >= 11 is 5.84. The molecule has 0 saturated heterocycles. The van der Waals surface area contributed by atoms with Crippen LogP contribution in [-0.2, 0) is 0 Å². The van der Waals surface area contributed by atoms with E-state index in [4.69, 9.17) is 17.4 Å². The normalized spacial score (nSPS) is 13.0. The summed E-state index contributed by atoms with van der Waals surface area (Å²) in [5.41, 5.74) is 3.46. The fourth-order valence-electron chi connectivity index (χ4n) is 1.16. The maximum absolute atomic E-state index is 13.5. The van der Waals surface area contributed by atoms with Gasteiger partial charge in [0.15, 0.2) is 0 Å². The third-order valence-electron chi connectivity index (χ3n) is 2.00. The van der Waals surface area contributed by atoms with Gasteiger partial charge in [-0.05, 0) is 25.5 Å². The van der Waals surface area contributed by atoms with Crippen LogP contribution in [0.4, 0.5) is 4.39 Å². The molecule has 0 unspecified atom stereocenters. The minimum absolute atomic E-state index is 0.285. The molecule has 1 atom stereocenters. The summed E-state index contributed by atoms with van der Waals surface area (Å²) in [7, 11) is 0. The maximum Gasteiger partial charge on any atom is 0.132 e. The van der Waals surface area contributed by atoms with Crippen LogP contribution < -0.4 is 11.3 Å². The first kappa shape index (κ1) is 10.4. The Balaban J connectivity index is 3.25. The summed E-state index contributed by atoms with van der Waals surface area (Å²) in [6, 6.07) is 3.03. The predicted molar refractivity (Wildman–Crippen MR) is 51.9 cm³/mol. The Morgan fingerprint density at radius 1 is 1.54 bits per heavy atom. The Morgan fingerprint density at radius 3 is 2.69 bits per heavy atom. The number of rotatable bonds is 2. The second kappa shape index (κ2) is 4.05. The molecule has 0 aliphatic carbocycles. The zero-order valence-corrected chi connectivity index (χ0v) is 8.32. The molecule has 0 aromatic heterocycles. The van der Waals surface area contributed by atoms with E-state index >= 15 is 0 Å². The molecule has 1 aromatic rings. The van der Waals surface area contributed by atoms with Gasteiger partial charge in [0.2, 0.25) is 0 Å². The first-order valence-electron chi connectivity index (χ1n) is 3.98. The molecule has 2 nitrogen and oxygen atoms in total. The highest BCUT2D eigenvalue weighted by molar-refractivity contribution is 6.31. The van der Waals surface area contributed by atoms with Gasteiger partial charge >= 0.3 is 0 Å². The largest absolute Gasteiger partial charge is 0.271 e. The lowest BCUT2D eigenvalue weighted by Gasteiger charge is -2.14. The van der Waals surface area contributed by atoms with E-state index in [1.165, 1.54) is 0 Å². The van der Waals surface area contributed by atoms with Crippen LogP contribution in [0.3, 0.4) is 0 Å². The van der Waals surface area contributed by atoms with E-state index in [1.54, 1.807) is 26.0 Å². The Kier molecular flexibility index (Phi) is 3.25. The molecule has 0 radical (unpaired) electrons. The molecule has 1 rings (SSSR count). The van der Waals surface area contributed by atoms with Crippen LogP contribution in [0.25, 0.3) is 0 Å².